The number of hydrogen-bond donors (Lipinski definition) is 3. The van der Waals surface area contributed by atoms with Gasteiger partial charge in [-0.25, -0.2) is 4.79 Å². The lowest BCUT2D eigenvalue weighted by Gasteiger charge is -2.32. The third-order valence-electron chi connectivity index (χ3n) is 5.09. The van der Waals surface area contributed by atoms with E-state index in [1.54, 1.807) is 6.07 Å². The number of halogens is 2. The van der Waals surface area contributed by atoms with Crippen molar-refractivity contribution in [1.29, 1.82) is 0 Å². The summed E-state index contributed by atoms with van der Waals surface area (Å²) in [7, 11) is 0. The first kappa shape index (κ1) is 21.5. The lowest BCUT2D eigenvalue weighted by Crippen LogP contribution is -2.48. The van der Waals surface area contributed by atoms with Crippen molar-refractivity contribution in [2.45, 2.75) is 25.4 Å². The first-order valence-electron chi connectivity index (χ1n) is 9.26. The second-order valence-corrected chi connectivity index (χ2v) is 9.12. The molecule has 1 aliphatic carbocycles. The predicted octanol–water partition coefficient (Wildman–Crippen LogP) is 4.22. The van der Waals surface area contributed by atoms with Gasteiger partial charge in [0, 0.05) is 13.0 Å². The van der Waals surface area contributed by atoms with Crippen LogP contribution in [0.3, 0.4) is 0 Å². The van der Waals surface area contributed by atoms with Crippen LogP contribution in [0.4, 0.5) is 4.79 Å². The first-order valence-corrected chi connectivity index (χ1v) is 10.8. The lowest BCUT2D eigenvalue weighted by atomic mass is 10.0. The molecule has 0 fully saturated rings. The van der Waals surface area contributed by atoms with Gasteiger partial charge in [0.15, 0.2) is 0 Å². The van der Waals surface area contributed by atoms with Gasteiger partial charge in [0.1, 0.15) is 10.9 Å². The third kappa shape index (κ3) is 4.21. The van der Waals surface area contributed by atoms with Crippen molar-refractivity contribution >= 4 is 62.7 Å². The second-order valence-electron chi connectivity index (χ2n) is 7.09. The Bertz CT molecular complexity index is 1190. The zero-order chi connectivity index (χ0) is 22.3. The molecule has 0 spiro atoms. The fraction of sp³-hybridized carbons (Fsp3) is 0.250. The average molecular weight is 482 g/mol. The van der Waals surface area contributed by atoms with Gasteiger partial charge in [-0.3, -0.25) is 9.59 Å². The molecule has 3 aromatic rings. The molecule has 0 saturated heterocycles. The number of nitrogens with zero attached hydrogens (tertiary/aromatic N) is 1. The van der Waals surface area contributed by atoms with Gasteiger partial charge in [-0.1, -0.05) is 47.5 Å². The van der Waals surface area contributed by atoms with E-state index in [0.29, 0.717) is 21.3 Å². The number of ether oxygens (including phenoxy) is 1. The van der Waals surface area contributed by atoms with Crippen LogP contribution in [0.15, 0.2) is 30.3 Å². The van der Waals surface area contributed by atoms with E-state index in [2.05, 4.69) is 10.3 Å². The molecule has 4 rings (SSSR count). The molecule has 1 aromatic carbocycles. The van der Waals surface area contributed by atoms with E-state index in [0.717, 1.165) is 15.8 Å². The van der Waals surface area contributed by atoms with E-state index >= 15 is 0 Å². The number of aliphatic carboxylic acids is 1. The van der Waals surface area contributed by atoms with Gasteiger partial charge in [0.05, 0.1) is 27.3 Å². The highest BCUT2D eigenvalue weighted by molar-refractivity contribution is 7.23. The molecule has 31 heavy (non-hydrogen) atoms. The maximum Gasteiger partial charge on any atom is 0.414 e. The van der Waals surface area contributed by atoms with Crippen LogP contribution in [0.1, 0.15) is 24.1 Å². The molecule has 2 heterocycles. The summed E-state index contributed by atoms with van der Waals surface area (Å²) in [6, 6.07) is 7.82. The molecule has 0 bridgehead atoms. The van der Waals surface area contributed by atoms with E-state index in [1.165, 1.54) is 23.2 Å². The number of H-pyrrole nitrogens is 1. The zero-order valence-electron chi connectivity index (χ0n) is 16.1. The van der Waals surface area contributed by atoms with Crippen molar-refractivity contribution in [1.82, 2.24) is 15.2 Å². The number of carbonyl (C=O) groups excluding carboxylic acids is 2. The number of hydrogen-bond acceptors (Lipinski definition) is 5. The van der Waals surface area contributed by atoms with Crippen LogP contribution in [0.5, 0.6) is 5.88 Å². The van der Waals surface area contributed by atoms with E-state index in [9.17, 15) is 19.5 Å². The summed E-state index contributed by atoms with van der Waals surface area (Å²) in [5, 5.41) is 12.4. The second kappa shape index (κ2) is 8.41. The Kier molecular flexibility index (Phi) is 5.83. The number of thiophene rings is 1. The standard InChI is InChI=1S/C20H17Cl2N3O5S/c1-9(26)25(8-15(27)28)18-11-5-3-2-4-10(11)6-12(18)23-20(29)30-14-7-13-17(24-14)16(21)19(22)31-13/h2-5,7,12,18,24H,6,8H2,1H3,(H,23,29)(H,27,28)/t12-,18-/m1/s1. The fourth-order valence-corrected chi connectivity index (χ4v) is 5.34. The molecule has 2 amide bonds. The highest BCUT2D eigenvalue weighted by Gasteiger charge is 2.39. The van der Waals surface area contributed by atoms with Crippen molar-refractivity contribution in [2.24, 2.45) is 0 Å². The molecule has 0 radical (unpaired) electrons. The summed E-state index contributed by atoms with van der Waals surface area (Å²) in [6.07, 6.45) is -0.307. The zero-order valence-corrected chi connectivity index (χ0v) is 18.5. The van der Waals surface area contributed by atoms with Gasteiger partial charge < -0.3 is 25.0 Å². The highest BCUT2D eigenvalue weighted by Crippen LogP contribution is 2.40. The largest absolute Gasteiger partial charge is 0.480 e. The molecular formula is C20H17Cl2N3O5S. The Morgan fingerprint density at radius 3 is 2.74 bits per heavy atom. The van der Waals surface area contributed by atoms with Crippen molar-refractivity contribution in [3.63, 3.8) is 0 Å². The summed E-state index contributed by atoms with van der Waals surface area (Å²) in [5.41, 5.74) is 2.30. The van der Waals surface area contributed by atoms with Crippen LogP contribution >= 0.6 is 34.5 Å². The summed E-state index contributed by atoms with van der Waals surface area (Å²) in [4.78, 5) is 40.3. The lowest BCUT2D eigenvalue weighted by molar-refractivity contribution is -0.145. The van der Waals surface area contributed by atoms with Crippen LogP contribution in [0.25, 0.3) is 10.2 Å². The average Bonchev–Trinajstić information content (AvgIpc) is 3.32. The number of carboxylic acids is 1. The maximum absolute atomic E-state index is 12.6. The molecule has 2 atom stereocenters. The minimum Gasteiger partial charge on any atom is -0.480 e. The summed E-state index contributed by atoms with van der Waals surface area (Å²) >= 11 is 13.4. The van der Waals surface area contributed by atoms with Gasteiger partial charge >= 0.3 is 12.1 Å². The molecular weight excluding hydrogens is 465 g/mol. The fourth-order valence-electron chi connectivity index (χ4n) is 3.87. The minimum absolute atomic E-state index is 0.193. The number of benzene rings is 1. The molecule has 2 aromatic heterocycles. The van der Waals surface area contributed by atoms with Gasteiger partial charge in [-0.2, -0.15) is 0 Å². The number of amides is 2. The summed E-state index contributed by atoms with van der Waals surface area (Å²) in [5.74, 6) is -1.35. The molecule has 0 aliphatic heterocycles. The van der Waals surface area contributed by atoms with E-state index < -0.39 is 36.6 Å². The highest BCUT2D eigenvalue weighted by atomic mass is 35.5. The number of fused-ring (bicyclic) bond motifs is 2. The Morgan fingerprint density at radius 2 is 2.06 bits per heavy atom. The quantitative estimate of drug-likeness (QED) is 0.504. The van der Waals surface area contributed by atoms with E-state index in [-0.39, 0.29) is 5.88 Å². The van der Waals surface area contributed by atoms with Crippen LogP contribution in [-0.2, 0) is 16.0 Å². The van der Waals surface area contributed by atoms with E-state index in [1.807, 2.05) is 24.3 Å². The molecule has 0 unspecified atom stereocenters. The Labute approximate surface area is 190 Å². The molecule has 162 valence electrons. The summed E-state index contributed by atoms with van der Waals surface area (Å²) in [6.45, 7) is 0.827. The Balaban J connectivity index is 1.55. The number of nitrogens with one attached hydrogen (secondary N) is 2. The van der Waals surface area contributed by atoms with Crippen molar-refractivity contribution in [2.75, 3.05) is 6.54 Å². The number of rotatable bonds is 5. The molecule has 0 saturated carbocycles. The van der Waals surface area contributed by atoms with E-state index in [4.69, 9.17) is 27.9 Å². The monoisotopic (exact) mass is 481 g/mol. The van der Waals surface area contributed by atoms with Crippen LogP contribution < -0.4 is 10.1 Å². The number of carboxylic acid groups (broad SMARTS) is 1. The molecule has 8 nitrogen and oxygen atoms in total. The van der Waals surface area contributed by atoms with Crippen LogP contribution in [-0.4, -0.2) is 45.5 Å². The van der Waals surface area contributed by atoms with Gasteiger partial charge in [-0.15, -0.1) is 11.3 Å². The molecule has 11 heteroatoms. The first-order chi connectivity index (χ1) is 14.7. The Morgan fingerprint density at radius 1 is 1.32 bits per heavy atom. The summed E-state index contributed by atoms with van der Waals surface area (Å²) < 4.78 is 6.54. The third-order valence-corrected chi connectivity index (χ3v) is 7.03. The number of aromatic nitrogens is 1. The number of carbonyl (C=O) groups is 3. The molecule has 1 aliphatic rings. The van der Waals surface area contributed by atoms with Gasteiger partial charge in [0.2, 0.25) is 11.8 Å². The smallest absolute Gasteiger partial charge is 0.414 e. The van der Waals surface area contributed by atoms with Gasteiger partial charge in [-0.05, 0) is 17.5 Å². The van der Waals surface area contributed by atoms with Gasteiger partial charge in [0.25, 0.3) is 0 Å². The topological polar surface area (TPSA) is 112 Å². The normalized spacial score (nSPS) is 17.4. The Hall–Kier alpha value is -2.75. The molecule has 3 N–H and O–H groups in total. The predicted molar refractivity (Wildman–Crippen MR) is 117 cm³/mol. The van der Waals surface area contributed by atoms with Crippen molar-refractivity contribution < 1.29 is 24.2 Å². The number of aromatic amines is 1. The maximum atomic E-state index is 12.6. The van der Waals surface area contributed by atoms with Crippen molar-refractivity contribution in [3.05, 3.63) is 50.8 Å². The van der Waals surface area contributed by atoms with Crippen LogP contribution in [0, 0.1) is 0 Å². The van der Waals surface area contributed by atoms with Crippen molar-refractivity contribution in [3.8, 4) is 5.88 Å². The van der Waals surface area contributed by atoms with Crippen LogP contribution in [0.2, 0.25) is 9.36 Å². The minimum atomic E-state index is -1.14. The SMILES string of the molecule is CC(=O)N(CC(=O)O)[C@@H]1c2ccccc2C[C@H]1NC(=O)Oc1cc2sc(Cl)c(Cl)c2[nH]1.